The second-order valence-electron chi connectivity index (χ2n) is 3.28. The number of benzene rings is 1. The fraction of sp³-hybridized carbons (Fsp3) is 0.200. The predicted molar refractivity (Wildman–Crippen MR) is 61.2 cm³/mol. The van der Waals surface area contributed by atoms with E-state index in [9.17, 15) is 0 Å². The van der Waals surface area contributed by atoms with Gasteiger partial charge < -0.3 is 10.5 Å². The maximum Gasteiger partial charge on any atom is 0.221 e. The summed E-state index contributed by atoms with van der Waals surface area (Å²) in [7, 11) is 1.79. The smallest absolute Gasteiger partial charge is 0.221 e. The molecule has 0 spiro atoms. The van der Waals surface area contributed by atoms with Crippen LogP contribution in [0.25, 0.3) is 0 Å². The maximum absolute atomic E-state index is 5.76. The lowest BCUT2D eigenvalue weighted by Gasteiger charge is -2.05. The Kier molecular flexibility index (Phi) is 2.96. The van der Waals surface area contributed by atoms with Crippen LogP contribution in [0.15, 0.2) is 24.3 Å². The van der Waals surface area contributed by atoms with Crippen molar-refractivity contribution in [1.29, 1.82) is 0 Å². The van der Waals surface area contributed by atoms with Crippen LogP contribution in [0.4, 0.5) is 5.95 Å². The molecule has 2 N–H and O–H groups in total. The van der Waals surface area contributed by atoms with E-state index in [-0.39, 0.29) is 0 Å². The van der Waals surface area contributed by atoms with Crippen molar-refractivity contribution in [3.05, 3.63) is 35.1 Å². The molecule has 0 aliphatic rings. The third-order valence-electron chi connectivity index (χ3n) is 2.18. The Morgan fingerprint density at radius 2 is 2.00 bits per heavy atom. The number of nitrogens with two attached hydrogens (primary N) is 1. The highest BCUT2D eigenvalue weighted by molar-refractivity contribution is 6.30. The molecule has 1 heterocycles. The summed E-state index contributed by atoms with van der Waals surface area (Å²) < 4.78 is 7.18. The summed E-state index contributed by atoms with van der Waals surface area (Å²) in [4.78, 5) is 0. The van der Waals surface area contributed by atoms with E-state index in [1.165, 1.54) is 0 Å². The molecule has 1 aromatic heterocycles. The lowest BCUT2D eigenvalue weighted by Crippen LogP contribution is -2.05. The van der Waals surface area contributed by atoms with Crippen molar-refractivity contribution >= 4 is 17.5 Å². The van der Waals surface area contributed by atoms with Gasteiger partial charge in [-0.1, -0.05) is 11.6 Å². The van der Waals surface area contributed by atoms with Gasteiger partial charge in [-0.05, 0) is 24.3 Å². The first-order chi connectivity index (χ1) is 7.66. The topological polar surface area (TPSA) is 66.0 Å². The second kappa shape index (κ2) is 4.40. The fourth-order valence-corrected chi connectivity index (χ4v) is 1.31. The van der Waals surface area contributed by atoms with E-state index < -0.39 is 0 Å². The molecule has 1 aromatic carbocycles. The molecule has 2 rings (SSSR count). The Balaban J connectivity index is 2.02. The molecule has 0 radical (unpaired) electrons. The van der Waals surface area contributed by atoms with Crippen molar-refractivity contribution in [1.82, 2.24) is 14.8 Å². The molecule has 0 aliphatic heterocycles. The van der Waals surface area contributed by atoms with Crippen LogP contribution in [-0.4, -0.2) is 14.8 Å². The summed E-state index contributed by atoms with van der Waals surface area (Å²) in [6.45, 7) is 0.322. The van der Waals surface area contributed by atoms with Crippen molar-refractivity contribution in [3.63, 3.8) is 0 Å². The zero-order chi connectivity index (χ0) is 11.5. The van der Waals surface area contributed by atoms with Gasteiger partial charge in [0.25, 0.3) is 0 Å². The number of hydrogen-bond donors (Lipinski definition) is 1. The maximum atomic E-state index is 5.76. The lowest BCUT2D eigenvalue weighted by molar-refractivity contribution is 0.291. The van der Waals surface area contributed by atoms with Crippen molar-refractivity contribution in [2.45, 2.75) is 6.61 Å². The van der Waals surface area contributed by atoms with E-state index in [1.54, 1.807) is 35.9 Å². The van der Waals surface area contributed by atoms with Crippen LogP contribution in [0, 0.1) is 0 Å². The van der Waals surface area contributed by atoms with Crippen molar-refractivity contribution in [2.24, 2.45) is 7.05 Å². The highest BCUT2D eigenvalue weighted by Gasteiger charge is 2.05. The molecular weight excluding hydrogens is 228 g/mol. The normalized spacial score (nSPS) is 10.4. The number of halogens is 1. The van der Waals surface area contributed by atoms with Gasteiger partial charge in [0.15, 0.2) is 5.82 Å². The van der Waals surface area contributed by atoms with Gasteiger partial charge in [-0.25, -0.2) is 0 Å². The van der Waals surface area contributed by atoms with E-state index in [1.807, 2.05) is 0 Å². The highest BCUT2D eigenvalue weighted by atomic mass is 35.5. The number of aromatic nitrogens is 3. The average molecular weight is 239 g/mol. The van der Waals surface area contributed by atoms with E-state index in [2.05, 4.69) is 10.2 Å². The molecule has 0 aliphatic carbocycles. The first kappa shape index (κ1) is 10.8. The summed E-state index contributed by atoms with van der Waals surface area (Å²) >= 11 is 5.76. The average Bonchev–Trinajstić information content (AvgIpc) is 2.60. The molecule has 0 saturated carbocycles. The fourth-order valence-electron chi connectivity index (χ4n) is 1.18. The number of nitrogen functional groups attached to an aromatic ring is 1. The molecule has 0 amide bonds. The van der Waals surface area contributed by atoms with Crippen LogP contribution in [0.2, 0.25) is 5.02 Å². The number of anilines is 1. The van der Waals surface area contributed by atoms with Crippen LogP contribution in [0.3, 0.4) is 0 Å². The molecule has 0 unspecified atom stereocenters. The Bertz CT molecular complexity index is 480. The van der Waals surface area contributed by atoms with E-state index in [0.29, 0.717) is 23.4 Å². The molecule has 16 heavy (non-hydrogen) atoms. The Labute approximate surface area is 97.8 Å². The molecular formula is C10H11ClN4O. The Morgan fingerprint density at radius 1 is 1.31 bits per heavy atom. The molecule has 84 valence electrons. The molecule has 0 atom stereocenters. The molecule has 2 aromatic rings. The second-order valence-corrected chi connectivity index (χ2v) is 3.71. The van der Waals surface area contributed by atoms with Crippen LogP contribution < -0.4 is 10.5 Å². The number of ether oxygens (including phenoxy) is 1. The van der Waals surface area contributed by atoms with E-state index in [0.717, 1.165) is 5.75 Å². The first-order valence-corrected chi connectivity index (χ1v) is 5.06. The van der Waals surface area contributed by atoms with Gasteiger partial charge in [-0.3, -0.25) is 4.57 Å². The van der Waals surface area contributed by atoms with Crippen molar-refractivity contribution < 1.29 is 4.74 Å². The summed E-state index contributed by atoms with van der Waals surface area (Å²) in [6, 6.07) is 7.12. The van der Waals surface area contributed by atoms with Gasteiger partial charge in [0.2, 0.25) is 5.95 Å². The van der Waals surface area contributed by atoms with Gasteiger partial charge >= 0.3 is 0 Å². The van der Waals surface area contributed by atoms with Crippen molar-refractivity contribution in [3.8, 4) is 5.75 Å². The Morgan fingerprint density at radius 3 is 2.56 bits per heavy atom. The number of nitrogens with zero attached hydrogens (tertiary/aromatic N) is 3. The zero-order valence-corrected chi connectivity index (χ0v) is 9.48. The number of hydrogen-bond acceptors (Lipinski definition) is 4. The van der Waals surface area contributed by atoms with Gasteiger partial charge in [0.1, 0.15) is 12.4 Å². The van der Waals surface area contributed by atoms with Gasteiger partial charge in [0.05, 0.1) is 0 Å². The minimum Gasteiger partial charge on any atom is -0.486 e. The molecule has 0 saturated heterocycles. The third-order valence-corrected chi connectivity index (χ3v) is 2.43. The minimum absolute atomic E-state index is 0.322. The van der Waals surface area contributed by atoms with Crippen molar-refractivity contribution in [2.75, 3.05) is 5.73 Å². The lowest BCUT2D eigenvalue weighted by atomic mass is 10.3. The molecule has 6 heteroatoms. The van der Waals surface area contributed by atoms with Crippen LogP contribution in [-0.2, 0) is 13.7 Å². The van der Waals surface area contributed by atoms with Crippen LogP contribution >= 0.6 is 11.6 Å². The van der Waals surface area contributed by atoms with E-state index in [4.69, 9.17) is 22.1 Å². The molecule has 5 nitrogen and oxygen atoms in total. The summed E-state index contributed by atoms with van der Waals surface area (Å²) in [6.07, 6.45) is 0. The zero-order valence-electron chi connectivity index (χ0n) is 8.72. The predicted octanol–water partition coefficient (Wildman–Crippen LogP) is 1.63. The summed E-state index contributed by atoms with van der Waals surface area (Å²) in [5.74, 6) is 1.77. The summed E-state index contributed by atoms with van der Waals surface area (Å²) in [5.41, 5.74) is 5.55. The molecule has 0 bridgehead atoms. The third kappa shape index (κ3) is 2.25. The minimum atomic E-state index is 0.322. The van der Waals surface area contributed by atoms with Gasteiger partial charge in [0, 0.05) is 12.1 Å². The Hall–Kier alpha value is -1.75. The van der Waals surface area contributed by atoms with Gasteiger partial charge in [-0.15, -0.1) is 10.2 Å². The van der Waals surface area contributed by atoms with Gasteiger partial charge in [-0.2, -0.15) is 0 Å². The van der Waals surface area contributed by atoms with Crippen LogP contribution in [0.1, 0.15) is 5.82 Å². The first-order valence-electron chi connectivity index (χ1n) is 4.69. The SMILES string of the molecule is Cn1c(N)nnc1COc1ccc(Cl)cc1. The standard InChI is InChI=1S/C10H11ClN4O/c1-15-9(13-14-10(15)12)6-16-8-4-2-7(11)3-5-8/h2-5H,6H2,1H3,(H2,12,14). The number of rotatable bonds is 3. The van der Waals surface area contributed by atoms with Crippen LogP contribution in [0.5, 0.6) is 5.75 Å². The van der Waals surface area contributed by atoms with E-state index >= 15 is 0 Å². The largest absolute Gasteiger partial charge is 0.486 e. The monoisotopic (exact) mass is 238 g/mol. The highest BCUT2D eigenvalue weighted by Crippen LogP contribution is 2.16. The molecule has 0 fully saturated rings. The summed E-state index contributed by atoms with van der Waals surface area (Å²) in [5, 5.41) is 8.29. The quantitative estimate of drug-likeness (QED) is 0.883.